The van der Waals surface area contributed by atoms with E-state index in [1.165, 1.54) is 6.42 Å². The molecule has 4 rings (SSSR count). The molecule has 0 bridgehead atoms. The molecule has 2 aliphatic rings. The van der Waals surface area contributed by atoms with Crippen molar-refractivity contribution in [3.8, 4) is 17.3 Å². The number of ether oxygens (including phenoxy) is 2. The van der Waals surface area contributed by atoms with Gasteiger partial charge >= 0.3 is 12.1 Å². The molecule has 2 fully saturated rings. The van der Waals surface area contributed by atoms with Crippen LogP contribution in [-0.2, 0) is 23.2 Å². The standard InChI is InChI=1S/C23H32N6O5/c1-14-22(34-17-8-7-16(9-17)10-20(30)31)24-11-18(25-14)21-19(29(3)27-26-21)13-33-23(32)28(2)12-15-5-4-6-15/h11,15-17H,4-10,12-13H2,1-3H3,(H,30,31). The fourth-order valence-corrected chi connectivity index (χ4v) is 4.54. The quantitative estimate of drug-likeness (QED) is 0.585. The fourth-order valence-electron chi connectivity index (χ4n) is 4.54. The van der Waals surface area contributed by atoms with Gasteiger partial charge in [-0.05, 0) is 50.9 Å². The number of hydrogen-bond donors (Lipinski definition) is 1. The second-order valence-electron chi connectivity index (χ2n) is 9.40. The summed E-state index contributed by atoms with van der Waals surface area (Å²) in [6.07, 6.45) is 7.19. The number of aliphatic carboxylic acids is 1. The largest absolute Gasteiger partial charge is 0.481 e. The third-order valence-electron chi connectivity index (χ3n) is 6.72. The average Bonchev–Trinajstić information content (AvgIpc) is 3.35. The molecule has 0 spiro atoms. The Balaban J connectivity index is 1.38. The summed E-state index contributed by atoms with van der Waals surface area (Å²) in [6, 6.07) is 0. The van der Waals surface area contributed by atoms with Crippen molar-refractivity contribution in [2.75, 3.05) is 13.6 Å². The fraction of sp³-hybridized carbons (Fsp3) is 0.652. The Labute approximate surface area is 198 Å². The number of amides is 1. The predicted molar refractivity (Wildman–Crippen MR) is 121 cm³/mol. The zero-order chi connectivity index (χ0) is 24.2. The number of rotatable bonds is 9. The Morgan fingerprint density at radius 3 is 2.71 bits per heavy atom. The molecule has 0 saturated heterocycles. The molecule has 2 aromatic heterocycles. The zero-order valence-electron chi connectivity index (χ0n) is 19.9. The maximum atomic E-state index is 12.4. The zero-order valence-corrected chi connectivity index (χ0v) is 19.9. The van der Waals surface area contributed by atoms with Crippen molar-refractivity contribution in [1.29, 1.82) is 0 Å². The van der Waals surface area contributed by atoms with Crippen molar-refractivity contribution >= 4 is 12.1 Å². The molecule has 1 N–H and O–H groups in total. The van der Waals surface area contributed by atoms with Crippen LogP contribution in [0.25, 0.3) is 11.4 Å². The SMILES string of the molecule is Cc1nc(-c2nnn(C)c2COC(=O)N(C)CC2CCC2)cnc1OC1CCC(CC(=O)O)C1. The van der Waals surface area contributed by atoms with Gasteiger partial charge in [0, 0.05) is 27.1 Å². The number of carboxylic acids is 1. The van der Waals surface area contributed by atoms with Crippen molar-refractivity contribution in [3.63, 3.8) is 0 Å². The first-order chi connectivity index (χ1) is 16.3. The minimum Gasteiger partial charge on any atom is -0.481 e. The molecule has 1 amide bonds. The van der Waals surface area contributed by atoms with Crippen LogP contribution in [0.15, 0.2) is 6.20 Å². The molecule has 184 valence electrons. The number of aryl methyl sites for hydroxylation is 2. The van der Waals surface area contributed by atoms with Crippen LogP contribution in [0.1, 0.15) is 56.3 Å². The highest BCUT2D eigenvalue weighted by molar-refractivity contribution is 5.67. The summed E-state index contributed by atoms with van der Waals surface area (Å²) >= 11 is 0. The molecule has 2 atom stereocenters. The normalized spacial score (nSPS) is 20.1. The summed E-state index contributed by atoms with van der Waals surface area (Å²) in [5.74, 6) is 0.353. The van der Waals surface area contributed by atoms with Gasteiger partial charge in [-0.15, -0.1) is 5.10 Å². The number of aromatic nitrogens is 5. The lowest BCUT2D eigenvalue weighted by molar-refractivity contribution is -0.138. The summed E-state index contributed by atoms with van der Waals surface area (Å²) in [4.78, 5) is 34.0. The highest BCUT2D eigenvalue weighted by Crippen LogP contribution is 2.32. The van der Waals surface area contributed by atoms with Gasteiger partial charge in [0.1, 0.15) is 35.5 Å². The van der Waals surface area contributed by atoms with Gasteiger partial charge in [-0.2, -0.15) is 0 Å². The Morgan fingerprint density at radius 1 is 1.24 bits per heavy atom. The Hall–Kier alpha value is -3.24. The molecule has 2 saturated carbocycles. The minimum atomic E-state index is -0.776. The number of hydrogen-bond acceptors (Lipinski definition) is 8. The Morgan fingerprint density at radius 2 is 2.03 bits per heavy atom. The van der Waals surface area contributed by atoms with Crippen LogP contribution in [-0.4, -0.2) is 66.7 Å². The molecule has 0 radical (unpaired) electrons. The van der Waals surface area contributed by atoms with E-state index >= 15 is 0 Å². The number of carboxylic acid groups (broad SMARTS) is 1. The van der Waals surface area contributed by atoms with E-state index in [0.29, 0.717) is 47.5 Å². The van der Waals surface area contributed by atoms with Gasteiger partial charge in [-0.25, -0.2) is 19.4 Å². The van der Waals surface area contributed by atoms with Crippen molar-refractivity contribution in [2.45, 2.75) is 64.6 Å². The first-order valence-corrected chi connectivity index (χ1v) is 11.8. The molecule has 11 heteroatoms. The van der Waals surface area contributed by atoms with Gasteiger partial charge in [-0.1, -0.05) is 11.6 Å². The van der Waals surface area contributed by atoms with Crippen LogP contribution in [0.4, 0.5) is 4.79 Å². The molecule has 34 heavy (non-hydrogen) atoms. The van der Waals surface area contributed by atoms with E-state index in [1.54, 1.807) is 36.8 Å². The van der Waals surface area contributed by atoms with Gasteiger partial charge in [-0.3, -0.25) is 4.79 Å². The predicted octanol–water partition coefficient (Wildman–Crippen LogP) is 2.97. The second kappa shape index (κ2) is 10.4. The number of carbonyl (C=O) groups excluding carboxylic acids is 1. The van der Waals surface area contributed by atoms with E-state index in [-0.39, 0.29) is 31.1 Å². The van der Waals surface area contributed by atoms with Crippen molar-refractivity contribution in [3.05, 3.63) is 17.6 Å². The molecule has 2 aromatic rings. The molecule has 0 aliphatic heterocycles. The van der Waals surface area contributed by atoms with E-state index in [1.807, 2.05) is 0 Å². The smallest absolute Gasteiger partial charge is 0.409 e. The molecule has 0 aromatic carbocycles. The third kappa shape index (κ3) is 5.63. The van der Waals surface area contributed by atoms with Crippen LogP contribution in [0.5, 0.6) is 5.88 Å². The van der Waals surface area contributed by atoms with Crippen LogP contribution < -0.4 is 4.74 Å². The summed E-state index contributed by atoms with van der Waals surface area (Å²) in [5, 5.41) is 17.3. The van der Waals surface area contributed by atoms with E-state index in [9.17, 15) is 9.59 Å². The van der Waals surface area contributed by atoms with E-state index in [0.717, 1.165) is 25.7 Å². The highest BCUT2D eigenvalue weighted by Gasteiger charge is 2.29. The third-order valence-corrected chi connectivity index (χ3v) is 6.72. The molecule has 2 unspecified atom stereocenters. The molecule has 2 aliphatic carbocycles. The maximum Gasteiger partial charge on any atom is 0.409 e. The number of nitrogens with zero attached hydrogens (tertiary/aromatic N) is 6. The minimum absolute atomic E-state index is 0.0265. The lowest BCUT2D eigenvalue weighted by atomic mass is 9.85. The number of carbonyl (C=O) groups is 2. The lowest BCUT2D eigenvalue weighted by Crippen LogP contribution is -2.34. The summed E-state index contributed by atoms with van der Waals surface area (Å²) in [6.45, 7) is 2.54. The first kappa shape index (κ1) is 23.9. The topological polar surface area (TPSA) is 133 Å². The van der Waals surface area contributed by atoms with Crippen LogP contribution >= 0.6 is 0 Å². The van der Waals surface area contributed by atoms with Crippen LogP contribution in [0.2, 0.25) is 0 Å². The van der Waals surface area contributed by atoms with Crippen LogP contribution in [0, 0.1) is 18.8 Å². The van der Waals surface area contributed by atoms with Gasteiger partial charge in [0.15, 0.2) is 0 Å². The monoisotopic (exact) mass is 472 g/mol. The average molecular weight is 473 g/mol. The molecular weight excluding hydrogens is 440 g/mol. The van der Waals surface area contributed by atoms with E-state index < -0.39 is 5.97 Å². The van der Waals surface area contributed by atoms with Gasteiger partial charge < -0.3 is 19.5 Å². The lowest BCUT2D eigenvalue weighted by Gasteiger charge is -2.29. The van der Waals surface area contributed by atoms with Gasteiger partial charge in [0.25, 0.3) is 0 Å². The Bertz CT molecular complexity index is 1040. The second-order valence-corrected chi connectivity index (χ2v) is 9.40. The van der Waals surface area contributed by atoms with E-state index in [4.69, 9.17) is 14.6 Å². The summed E-state index contributed by atoms with van der Waals surface area (Å²) in [5.41, 5.74) is 2.25. The van der Waals surface area contributed by atoms with Gasteiger partial charge in [0.2, 0.25) is 5.88 Å². The Kier molecular flexibility index (Phi) is 7.28. The van der Waals surface area contributed by atoms with Crippen molar-refractivity contribution in [1.82, 2.24) is 29.9 Å². The van der Waals surface area contributed by atoms with Crippen molar-refractivity contribution in [2.24, 2.45) is 18.9 Å². The molecule has 2 heterocycles. The van der Waals surface area contributed by atoms with Gasteiger partial charge in [0.05, 0.1) is 6.20 Å². The molecular formula is C23H32N6O5. The van der Waals surface area contributed by atoms with Crippen molar-refractivity contribution < 1.29 is 24.2 Å². The summed E-state index contributed by atoms with van der Waals surface area (Å²) in [7, 11) is 3.49. The summed E-state index contributed by atoms with van der Waals surface area (Å²) < 4.78 is 13.1. The highest BCUT2D eigenvalue weighted by atomic mass is 16.6. The van der Waals surface area contributed by atoms with Crippen LogP contribution in [0.3, 0.4) is 0 Å². The molecule has 11 nitrogen and oxygen atoms in total. The first-order valence-electron chi connectivity index (χ1n) is 11.8. The maximum absolute atomic E-state index is 12.4. The van der Waals surface area contributed by atoms with E-state index in [2.05, 4.69) is 20.3 Å².